The Morgan fingerprint density at radius 1 is 0.933 bits per heavy atom. The van der Waals surface area contributed by atoms with Crippen molar-refractivity contribution in [1.29, 1.82) is 0 Å². The van der Waals surface area contributed by atoms with Crippen molar-refractivity contribution in [3.05, 3.63) is 11.9 Å². The molecule has 0 atom stereocenters. The van der Waals surface area contributed by atoms with Gasteiger partial charge >= 0.3 is 15.6 Å². The predicted molar refractivity (Wildman–Crippen MR) is 50.7 cm³/mol. The minimum Gasteiger partial charge on any atom is -0.386 e. The Hall–Kier alpha value is -0.440. The van der Waals surface area contributed by atoms with Crippen LogP contribution in [0.4, 0.5) is 0 Å². The van der Waals surface area contributed by atoms with Crippen LogP contribution >= 0.6 is 15.6 Å². The van der Waals surface area contributed by atoms with E-state index in [9.17, 15) is 0 Å². The third-order valence-corrected chi connectivity index (χ3v) is 0.333. The van der Waals surface area contributed by atoms with Gasteiger partial charge in [-0.25, -0.2) is 9.13 Å². The highest BCUT2D eigenvalue weighted by molar-refractivity contribution is 7.45. The number of hydrogen-bond acceptors (Lipinski definition) is 4. The van der Waals surface area contributed by atoms with Crippen molar-refractivity contribution in [1.82, 2.24) is 0 Å². The molecule has 0 aliphatic rings. The van der Waals surface area contributed by atoms with Crippen LogP contribution < -0.4 is 11.5 Å². The van der Waals surface area contributed by atoms with Crippen LogP contribution in [0, 0.1) is 0 Å². The quantitative estimate of drug-likeness (QED) is 0.224. The fourth-order valence-electron chi connectivity index (χ4n) is 0. The minimum atomic E-state index is -4.64. The van der Waals surface area contributed by atoms with Gasteiger partial charge in [0.15, 0.2) is 0 Å². The van der Waals surface area contributed by atoms with Gasteiger partial charge in [0.25, 0.3) is 0 Å². The van der Waals surface area contributed by atoms with Gasteiger partial charge in [0, 0.05) is 0 Å². The largest absolute Gasteiger partial charge is 0.466 e. The molecule has 0 aromatic carbocycles. The van der Waals surface area contributed by atoms with E-state index in [1.165, 1.54) is 0 Å². The van der Waals surface area contributed by atoms with Crippen molar-refractivity contribution in [2.45, 2.75) is 6.92 Å². The van der Waals surface area contributed by atoms with Crippen LogP contribution in [-0.4, -0.2) is 29.4 Å². The molecule has 0 bridgehead atoms. The third kappa shape index (κ3) is 745. The van der Waals surface area contributed by atoms with Gasteiger partial charge in [0.2, 0.25) is 0 Å². The van der Waals surface area contributed by atoms with E-state index in [4.69, 9.17) is 50.0 Å². The molecule has 0 saturated heterocycles. The molecule has 0 aromatic heterocycles. The van der Waals surface area contributed by atoms with Gasteiger partial charge in [-0.3, -0.25) is 0 Å². The lowest BCUT2D eigenvalue weighted by atomic mass is 10.6. The van der Waals surface area contributed by atoms with Crippen molar-refractivity contribution in [2.75, 3.05) is 0 Å². The fraction of sp³-hybridized carbons (Fsp3) is 0.333. The number of phosphoric acid groups is 2. The van der Waals surface area contributed by atoms with Gasteiger partial charge in [-0.2, -0.15) is 0 Å². The molecule has 0 saturated carbocycles. The van der Waals surface area contributed by atoms with Crippen molar-refractivity contribution >= 4 is 15.6 Å². The van der Waals surface area contributed by atoms with Crippen LogP contribution in [0.15, 0.2) is 11.9 Å². The highest BCUT2D eigenvalue weighted by Gasteiger charge is 2.00. The van der Waals surface area contributed by atoms with E-state index in [1.807, 2.05) is 0 Å². The number of hydrogen-bond donors (Lipinski definition) is 8. The van der Waals surface area contributed by atoms with Gasteiger partial charge in [0.05, 0.1) is 5.82 Å². The van der Waals surface area contributed by atoms with Crippen LogP contribution in [0.25, 0.3) is 0 Å². The molecular weight excluding hydrogens is 254 g/mol. The minimum absolute atomic E-state index is 0.380. The Morgan fingerprint density at radius 2 is 1.00 bits per heavy atom. The standard InChI is InChI=1S/C3H8N2.2H3O4P/c1-2-3(4)5;2*1-5(2,3)4/h2H,4-5H2,1H3;2*(H3,1,2,3,4). The molecule has 10 nitrogen and oxygen atoms in total. The lowest BCUT2D eigenvalue weighted by Crippen LogP contribution is -2.06. The number of rotatable bonds is 0. The smallest absolute Gasteiger partial charge is 0.386 e. The van der Waals surface area contributed by atoms with Gasteiger partial charge in [0.1, 0.15) is 0 Å². The molecule has 0 unspecified atom stereocenters. The van der Waals surface area contributed by atoms with E-state index in [-0.39, 0.29) is 0 Å². The molecule has 0 radical (unpaired) electrons. The Bertz CT molecular complexity index is 225. The Kier molecular flexibility index (Phi) is 11.8. The molecule has 0 fully saturated rings. The molecule has 12 heteroatoms. The molecule has 0 aliphatic heterocycles. The Balaban J connectivity index is -0.000000144. The first-order chi connectivity index (χ1) is 6.27. The normalized spacial score (nSPS) is 10.1. The molecule has 0 spiro atoms. The molecule has 0 rings (SSSR count). The van der Waals surface area contributed by atoms with Crippen molar-refractivity contribution in [3.8, 4) is 0 Å². The zero-order valence-electron chi connectivity index (χ0n) is 7.63. The maximum atomic E-state index is 8.88. The summed E-state index contributed by atoms with van der Waals surface area (Å²) >= 11 is 0. The maximum Gasteiger partial charge on any atom is 0.466 e. The predicted octanol–water partition coefficient (Wildman–Crippen LogP) is -2.09. The summed E-state index contributed by atoms with van der Waals surface area (Å²) in [5, 5.41) is 0. The van der Waals surface area contributed by atoms with E-state index >= 15 is 0 Å². The first kappa shape index (κ1) is 20.0. The molecule has 0 heterocycles. The van der Waals surface area contributed by atoms with Gasteiger partial charge in [-0.05, 0) is 13.0 Å². The monoisotopic (exact) mass is 268 g/mol. The summed E-state index contributed by atoms with van der Waals surface area (Å²) in [5.41, 5.74) is 9.86. The summed E-state index contributed by atoms with van der Waals surface area (Å²) < 4.78 is 17.8. The average Bonchev–Trinajstić information content (AvgIpc) is 1.79. The number of nitrogens with two attached hydrogens (primary N) is 2. The van der Waals surface area contributed by atoms with E-state index in [1.54, 1.807) is 13.0 Å². The van der Waals surface area contributed by atoms with Gasteiger partial charge in [-0.15, -0.1) is 0 Å². The molecule has 10 N–H and O–H groups in total. The summed E-state index contributed by atoms with van der Waals surface area (Å²) in [5.74, 6) is 0.380. The first-order valence-electron chi connectivity index (χ1n) is 3.01. The second kappa shape index (κ2) is 8.84. The highest BCUT2D eigenvalue weighted by atomic mass is 31.2. The SMILES string of the molecule is CC=C(N)N.O=P(O)(O)O.O=P(O)(O)O. The third-order valence-electron chi connectivity index (χ3n) is 0.333. The second-order valence-corrected chi connectivity index (χ2v) is 3.87. The molecule has 0 aromatic rings. The highest BCUT2D eigenvalue weighted by Crippen LogP contribution is 2.26. The molecule has 15 heavy (non-hydrogen) atoms. The number of allylic oxidation sites excluding steroid dienone is 1. The van der Waals surface area contributed by atoms with Gasteiger partial charge in [-0.1, -0.05) is 0 Å². The summed E-state index contributed by atoms with van der Waals surface area (Å²) in [6.45, 7) is 1.79. The van der Waals surface area contributed by atoms with E-state index in [0.29, 0.717) is 5.82 Å². The molecule has 0 aliphatic carbocycles. The molecule has 0 amide bonds. The molecular formula is C3H14N2O8P2. The van der Waals surface area contributed by atoms with Crippen molar-refractivity contribution in [2.24, 2.45) is 11.5 Å². The summed E-state index contributed by atoms with van der Waals surface area (Å²) in [6.07, 6.45) is 1.64. The van der Waals surface area contributed by atoms with Crippen LogP contribution in [-0.2, 0) is 9.13 Å². The summed E-state index contributed by atoms with van der Waals surface area (Å²) in [7, 11) is -9.28. The Labute approximate surface area is 85.3 Å². The lowest BCUT2D eigenvalue weighted by Gasteiger charge is -1.82. The van der Waals surface area contributed by atoms with Crippen molar-refractivity contribution in [3.63, 3.8) is 0 Å². The van der Waals surface area contributed by atoms with E-state index < -0.39 is 15.6 Å². The second-order valence-electron chi connectivity index (χ2n) is 1.82. The Morgan fingerprint density at radius 3 is 1.00 bits per heavy atom. The van der Waals surface area contributed by atoms with Gasteiger partial charge < -0.3 is 40.8 Å². The summed E-state index contributed by atoms with van der Waals surface area (Å²) in [4.78, 5) is 43.1. The first-order valence-corrected chi connectivity index (χ1v) is 6.14. The maximum absolute atomic E-state index is 8.88. The van der Waals surface area contributed by atoms with Crippen LogP contribution in [0.5, 0.6) is 0 Å². The fourth-order valence-corrected chi connectivity index (χ4v) is 0. The van der Waals surface area contributed by atoms with Crippen molar-refractivity contribution < 1.29 is 38.5 Å². The van der Waals surface area contributed by atoms with E-state index in [0.717, 1.165) is 0 Å². The lowest BCUT2D eigenvalue weighted by molar-refractivity contribution is 0.272. The summed E-state index contributed by atoms with van der Waals surface area (Å²) in [6, 6.07) is 0. The van der Waals surface area contributed by atoms with Crippen LogP contribution in [0.1, 0.15) is 6.92 Å². The zero-order chi connectivity index (χ0) is 13.3. The van der Waals surface area contributed by atoms with Crippen LogP contribution in [0.3, 0.4) is 0 Å². The van der Waals surface area contributed by atoms with E-state index in [2.05, 4.69) is 0 Å². The zero-order valence-corrected chi connectivity index (χ0v) is 9.42. The average molecular weight is 268 g/mol. The molecule has 94 valence electrons. The van der Waals surface area contributed by atoms with Crippen LogP contribution in [0.2, 0.25) is 0 Å². The topological polar surface area (TPSA) is 208 Å².